The monoisotopic (exact) mass is 408 g/mol. The molecule has 0 fully saturated rings. The zero-order chi connectivity index (χ0) is 16.9. The molecule has 1 aromatic rings. The summed E-state index contributed by atoms with van der Waals surface area (Å²) in [7, 11) is 1.55. The van der Waals surface area contributed by atoms with Crippen molar-refractivity contribution < 1.29 is 14.3 Å². The summed E-state index contributed by atoms with van der Waals surface area (Å²) in [4.78, 5) is 12.5. The van der Waals surface area contributed by atoms with E-state index < -0.39 is 5.54 Å². The van der Waals surface area contributed by atoms with Gasteiger partial charge in [-0.1, -0.05) is 13.8 Å². The maximum Gasteiger partial charge on any atom is 0.251 e. The van der Waals surface area contributed by atoms with Gasteiger partial charge in [0.15, 0.2) is 11.5 Å². The van der Waals surface area contributed by atoms with Crippen LogP contribution in [0.5, 0.6) is 11.5 Å². The SMILES string of the molecule is CCOc1c(Br)cc(C(=O)NC(C)(CN)C(C)C)cc1OC.Cl. The molecule has 3 N–H and O–H groups in total. The Bertz CT molecular complexity index is 540. The van der Waals surface area contributed by atoms with Crippen molar-refractivity contribution in [1.82, 2.24) is 5.32 Å². The predicted molar refractivity (Wildman–Crippen MR) is 98.9 cm³/mol. The van der Waals surface area contributed by atoms with Crippen LogP contribution >= 0.6 is 28.3 Å². The van der Waals surface area contributed by atoms with Crippen LogP contribution in [0.4, 0.5) is 0 Å². The van der Waals surface area contributed by atoms with Gasteiger partial charge in [-0.05, 0) is 47.8 Å². The fraction of sp³-hybridized carbons (Fsp3) is 0.562. The van der Waals surface area contributed by atoms with Crippen LogP contribution in [0.1, 0.15) is 38.1 Å². The number of nitrogens with two attached hydrogens (primary N) is 1. The van der Waals surface area contributed by atoms with E-state index >= 15 is 0 Å². The first-order chi connectivity index (χ1) is 10.3. The molecule has 0 saturated carbocycles. The Morgan fingerprint density at radius 3 is 2.48 bits per heavy atom. The number of hydrogen-bond donors (Lipinski definition) is 2. The summed E-state index contributed by atoms with van der Waals surface area (Å²) >= 11 is 3.42. The number of amides is 1. The average Bonchev–Trinajstić information content (AvgIpc) is 2.48. The van der Waals surface area contributed by atoms with Gasteiger partial charge in [0.25, 0.3) is 5.91 Å². The minimum absolute atomic E-state index is 0. The lowest BCUT2D eigenvalue weighted by molar-refractivity contribution is 0.0882. The molecule has 1 atom stereocenters. The summed E-state index contributed by atoms with van der Waals surface area (Å²) < 4.78 is 11.5. The zero-order valence-electron chi connectivity index (χ0n) is 14.2. The van der Waals surface area contributed by atoms with Gasteiger partial charge in [0.05, 0.1) is 23.7 Å². The molecule has 0 spiro atoms. The van der Waals surface area contributed by atoms with Crippen LogP contribution < -0.4 is 20.5 Å². The highest BCUT2D eigenvalue weighted by molar-refractivity contribution is 9.10. The van der Waals surface area contributed by atoms with Crippen molar-refractivity contribution in [2.24, 2.45) is 11.7 Å². The summed E-state index contributed by atoms with van der Waals surface area (Å²) in [6.07, 6.45) is 0. The molecular weight excluding hydrogens is 384 g/mol. The third kappa shape index (κ3) is 5.26. The lowest BCUT2D eigenvalue weighted by Crippen LogP contribution is -2.55. The number of rotatable bonds is 7. The molecule has 0 radical (unpaired) electrons. The molecule has 0 aliphatic carbocycles. The number of hydrogen-bond acceptors (Lipinski definition) is 4. The van der Waals surface area contributed by atoms with Gasteiger partial charge in [-0.2, -0.15) is 0 Å². The molecule has 7 heteroatoms. The first kappa shape index (κ1) is 22.0. The van der Waals surface area contributed by atoms with E-state index in [-0.39, 0.29) is 24.2 Å². The predicted octanol–water partition coefficient (Wildman–Crippen LogP) is 3.38. The molecule has 0 saturated heterocycles. The van der Waals surface area contributed by atoms with Crippen molar-refractivity contribution >= 4 is 34.2 Å². The smallest absolute Gasteiger partial charge is 0.251 e. The molecular formula is C16H26BrClN2O3. The van der Waals surface area contributed by atoms with Gasteiger partial charge in [0.2, 0.25) is 0 Å². The van der Waals surface area contributed by atoms with Crippen molar-refractivity contribution in [3.63, 3.8) is 0 Å². The first-order valence-electron chi connectivity index (χ1n) is 7.32. The Labute approximate surface area is 152 Å². The summed E-state index contributed by atoms with van der Waals surface area (Å²) in [6, 6.07) is 3.39. The van der Waals surface area contributed by atoms with Crippen LogP contribution in [0.15, 0.2) is 16.6 Å². The van der Waals surface area contributed by atoms with Crippen LogP contribution in [0, 0.1) is 5.92 Å². The van der Waals surface area contributed by atoms with Gasteiger partial charge in [-0.3, -0.25) is 4.79 Å². The number of halogens is 2. The second kappa shape index (κ2) is 9.35. The maximum absolute atomic E-state index is 12.5. The van der Waals surface area contributed by atoms with Crippen molar-refractivity contribution in [3.8, 4) is 11.5 Å². The summed E-state index contributed by atoms with van der Waals surface area (Å²) in [6.45, 7) is 8.77. The van der Waals surface area contributed by atoms with E-state index in [2.05, 4.69) is 21.2 Å². The van der Waals surface area contributed by atoms with E-state index in [1.165, 1.54) is 0 Å². The molecule has 0 aliphatic heterocycles. The third-order valence-corrected chi connectivity index (χ3v) is 4.47. The molecule has 0 aromatic heterocycles. The van der Waals surface area contributed by atoms with Crippen molar-refractivity contribution in [2.75, 3.05) is 20.3 Å². The van der Waals surface area contributed by atoms with Crippen molar-refractivity contribution in [3.05, 3.63) is 22.2 Å². The van der Waals surface area contributed by atoms with Crippen molar-refractivity contribution in [2.45, 2.75) is 33.2 Å². The molecule has 1 amide bonds. The number of carbonyl (C=O) groups excluding carboxylic acids is 1. The Kier molecular flexibility index (Phi) is 8.95. The molecule has 23 heavy (non-hydrogen) atoms. The van der Waals surface area contributed by atoms with Gasteiger partial charge in [0, 0.05) is 12.1 Å². The maximum atomic E-state index is 12.5. The molecule has 1 unspecified atom stereocenters. The number of benzene rings is 1. The van der Waals surface area contributed by atoms with E-state index in [9.17, 15) is 4.79 Å². The molecule has 1 rings (SSSR count). The highest BCUT2D eigenvalue weighted by Crippen LogP contribution is 2.36. The van der Waals surface area contributed by atoms with E-state index in [1.54, 1.807) is 19.2 Å². The Balaban J connectivity index is 0.00000484. The number of nitrogens with one attached hydrogen (secondary N) is 1. The highest BCUT2D eigenvalue weighted by atomic mass is 79.9. The quantitative estimate of drug-likeness (QED) is 0.724. The summed E-state index contributed by atoms with van der Waals surface area (Å²) in [5.41, 5.74) is 5.85. The molecule has 0 bridgehead atoms. The number of ether oxygens (including phenoxy) is 2. The van der Waals surface area contributed by atoms with Crippen LogP contribution in [0.2, 0.25) is 0 Å². The number of carbonyl (C=O) groups is 1. The second-order valence-corrected chi connectivity index (χ2v) is 6.51. The highest BCUT2D eigenvalue weighted by Gasteiger charge is 2.29. The van der Waals surface area contributed by atoms with E-state index in [1.807, 2.05) is 27.7 Å². The minimum atomic E-state index is -0.463. The standard InChI is InChI=1S/C16H25BrN2O3.ClH/c1-6-22-14-12(17)7-11(8-13(14)21-5)15(20)19-16(4,9-18)10(2)3;/h7-8,10H,6,9,18H2,1-5H3,(H,19,20);1H. The van der Waals surface area contributed by atoms with Gasteiger partial charge in [-0.15, -0.1) is 12.4 Å². The van der Waals surface area contributed by atoms with Crippen LogP contribution in [0.3, 0.4) is 0 Å². The average molecular weight is 410 g/mol. The third-order valence-electron chi connectivity index (χ3n) is 3.88. The van der Waals surface area contributed by atoms with Crippen molar-refractivity contribution in [1.29, 1.82) is 0 Å². The van der Waals surface area contributed by atoms with Gasteiger partial charge >= 0.3 is 0 Å². The normalized spacial score (nSPS) is 13.0. The molecule has 0 heterocycles. The topological polar surface area (TPSA) is 73.6 Å². The zero-order valence-corrected chi connectivity index (χ0v) is 16.6. The van der Waals surface area contributed by atoms with Crippen LogP contribution in [0.25, 0.3) is 0 Å². The lowest BCUT2D eigenvalue weighted by Gasteiger charge is -2.33. The Morgan fingerprint density at radius 1 is 1.43 bits per heavy atom. The van der Waals surface area contributed by atoms with Gasteiger partial charge in [0.1, 0.15) is 0 Å². The van der Waals surface area contributed by atoms with E-state index in [4.69, 9.17) is 15.2 Å². The van der Waals surface area contributed by atoms with E-state index in [0.29, 0.717) is 34.7 Å². The first-order valence-corrected chi connectivity index (χ1v) is 8.11. The molecule has 5 nitrogen and oxygen atoms in total. The minimum Gasteiger partial charge on any atom is -0.493 e. The van der Waals surface area contributed by atoms with Gasteiger partial charge in [-0.25, -0.2) is 0 Å². The molecule has 132 valence electrons. The van der Waals surface area contributed by atoms with Gasteiger partial charge < -0.3 is 20.5 Å². The largest absolute Gasteiger partial charge is 0.493 e. The Morgan fingerprint density at radius 2 is 2.04 bits per heavy atom. The van der Waals surface area contributed by atoms with Crippen LogP contribution in [-0.4, -0.2) is 31.7 Å². The Hall–Kier alpha value is -0.980. The number of methoxy groups -OCH3 is 1. The molecule has 1 aromatic carbocycles. The summed E-state index contributed by atoms with van der Waals surface area (Å²) in [5, 5.41) is 3.01. The lowest BCUT2D eigenvalue weighted by atomic mass is 9.88. The fourth-order valence-electron chi connectivity index (χ4n) is 1.90. The van der Waals surface area contributed by atoms with E-state index in [0.717, 1.165) is 0 Å². The summed E-state index contributed by atoms with van der Waals surface area (Å²) in [5.74, 6) is 1.13. The fourth-order valence-corrected chi connectivity index (χ4v) is 2.45. The second-order valence-electron chi connectivity index (χ2n) is 5.65. The molecule has 0 aliphatic rings. The van der Waals surface area contributed by atoms with Crippen LogP contribution in [-0.2, 0) is 0 Å².